The second kappa shape index (κ2) is 9.88. The predicted octanol–water partition coefficient (Wildman–Crippen LogP) is 9.54. The van der Waals surface area contributed by atoms with Crippen LogP contribution in [0.15, 0.2) is 79.1 Å². The van der Waals surface area contributed by atoms with E-state index in [0.29, 0.717) is 11.8 Å². The van der Waals surface area contributed by atoms with Crippen molar-refractivity contribution >= 4 is 0 Å². The van der Waals surface area contributed by atoms with Crippen molar-refractivity contribution in [2.24, 2.45) is 0 Å². The van der Waals surface area contributed by atoms with E-state index in [4.69, 9.17) is 0 Å². The first-order valence-corrected chi connectivity index (χ1v) is 14.7. The van der Waals surface area contributed by atoms with E-state index in [1.54, 1.807) is 0 Å². The Morgan fingerprint density at radius 1 is 0.737 bits per heavy atom. The van der Waals surface area contributed by atoms with Crippen LogP contribution in [0.2, 0.25) is 0 Å². The molecule has 0 N–H and O–H groups in total. The maximum Gasteiger partial charge on any atom is 0.294 e. The molecule has 0 aliphatic carbocycles. The monoisotopic (exact) mass is 505 g/mol. The molecule has 0 radical (unpaired) electrons. The van der Waals surface area contributed by atoms with Crippen LogP contribution >= 0.6 is 0 Å². The Labute approximate surface area is 230 Å². The van der Waals surface area contributed by atoms with Crippen molar-refractivity contribution < 1.29 is 4.57 Å². The predicted molar refractivity (Wildman–Crippen MR) is 161 cm³/mol. The molecule has 0 saturated heterocycles. The number of benzene rings is 3. The van der Waals surface area contributed by atoms with Crippen molar-refractivity contribution in [3.8, 4) is 28.2 Å². The highest BCUT2D eigenvalue weighted by atomic mass is 15.2. The van der Waals surface area contributed by atoms with Crippen LogP contribution in [0.3, 0.4) is 0 Å². The van der Waals surface area contributed by atoms with E-state index in [2.05, 4.69) is 144 Å². The first-order valence-electron chi connectivity index (χ1n) is 14.7. The molecule has 0 bridgehead atoms. The van der Waals surface area contributed by atoms with Gasteiger partial charge >= 0.3 is 0 Å². The summed E-state index contributed by atoms with van der Waals surface area (Å²) in [5.74, 6) is 2.12. The van der Waals surface area contributed by atoms with Gasteiger partial charge in [-0.2, -0.15) is 4.57 Å². The molecule has 2 heteroatoms. The van der Waals surface area contributed by atoms with Gasteiger partial charge in [0, 0.05) is 16.5 Å². The van der Waals surface area contributed by atoms with Crippen molar-refractivity contribution in [3.63, 3.8) is 0 Å². The van der Waals surface area contributed by atoms with Gasteiger partial charge in [0.15, 0.2) is 0 Å². The van der Waals surface area contributed by atoms with Gasteiger partial charge in [0.2, 0.25) is 0 Å². The molecule has 1 unspecified atom stereocenters. The molecule has 0 saturated carbocycles. The summed E-state index contributed by atoms with van der Waals surface area (Å²) in [6.07, 6.45) is 8.05. The minimum Gasteiger partial charge on any atom is -0.223 e. The standard InChI is InChI=1S/C36H45N2/c1-9-35(8)32-20-16-15-19-29(32)34-37(21-22-38(34)36(35,10-2)11-3)33-30(25(4)5)23-28(24-31(33)26(6)7)27-17-13-12-14-18-27/h12-26H,9-11H2,1-8H3/q+1. The third-order valence-corrected chi connectivity index (χ3v) is 9.71. The normalized spacial score (nSPS) is 18.1. The van der Waals surface area contributed by atoms with Crippen molar-refractivity contribution in [2.45, 2.75) is 97.4 Å². The van der Waals surface area contributed by atoms with E-state index in [1.807, 2.05) is 0 Å². The van der Waals surface area contributed by atoms with Crippen LogP contribution in [-0.2, 0) is 11.0 Å². The lowest BCUT2D eigenvalue weighted by molar-refractivity contribution is -0.768. The maximum absolute atomic E-state index is 2.65. The molecule has 198 valence electrons. The SMILES string of the molecule is CCC1(C)c2ccccc2-c2n(-c3c(C(C)C)cc(-c4ccccc4)cc3C(C)C)cc[n+]2C1(CC)CC. The summed E-state index contributed by atoms with van der Waals surface area (Å²) in [7, 11) is 0. The quantitative estimate of drug-likeness (QED) is 0.221. The van der Waals surface area contributed by atoms with E-state index >= 15 is 0 Å². The van der Waals surface area contributed by atoms with Gasteiger partial charge in [-0.3, -0.25) is 0 Å². The molecule has 4 aromatic rings. The highest BCUT2D eigenvalue weighted by Gasteiger charge is 2.57. The summed E-state index contributed by atoms with van der Waals surface area (Å²) < 4.78 is 5.19. The fourth-order valence-corrected chi connectivity index (χ4v) is 7.38. The third kappa shape index (κ3) is 3.71. The fourth-order valence-electron chi connectivity index (χ4n) is 7.38. The van der Waals surface area contributed by atoms with Gasteiger partial charge in [-0.15, -0.1) is 0 Å². The van der Waals surface area contributed by atoms with E-state index in [1.165, 1.54) is 44.9 Å². The summed E-state index contributed by atoms with van der Waals surface area (Å²) in [6.45, 7) is 19.0. The van der Waals surface area contributed by atoms with Crippen LogP contribution in [0.1, 0.15) is 103 Å². The first-order chi connectivity index (χ1) is 18.2. The maximum atomic E-state index is 2.65. The molecular weight excluding hydrogens is 460 g/mol. The molecule has 0 fully saturated rings. The smallest absolute Gasteiger partial charge is 0.223 e. The van der Waals surface area contributed by atoms with E-state index in [0.717, 1.165) is 19.3 Å². The average molecular weight is 506 g/mol. The Kier molecular flexibility index (Phi) is 6.88. The molecule has 2 nitrogen and oxygen atoms in total. The van der Waals surface area contributed by atoms with Crippen LogP contribution in [0.25, 0.3) is 28.2 Å². The zero-order valence-corrected chi connectivity index (χ0v) is 24.7. The molecule has 0 amide bonds. The number of nitrogens with zero attached hydrogens (tertiary/aromatic N) is 2. The summed E-state index contributed by atoms with van der Waals surface area (Å²) in [5.41, 5.74) is 9.73. The van der Waals surface area contributed by atoms with Gasteiger partial charge < -0.3 is 0 Å². The number of fused-ring (bicyclic) bond motifs is 3. The molecule has 1 aliphatic heterocycles. The van der Waals surface area contributed by atoms with Crippen LogP contribution in [0.5, 0.6) is 0 Å². The topological polar surface area (TPSA) is 8.81 Å². The number of imidazole rings is 1. The fraction of sp³-hybridized carbons (Fsp3) is 0.417. The second-order valence-corrected chi connectivity index (χ2v) is 12.0. The highest BCUT2D eigenvalue weighted by Crippen LogP contribution is 2.52. The Bertz CT molecular complexity index is 1410. The van der Waals surface area contributed by atoms with Gasteiger partial charge in [0.25, 0.3) is 5.82 Å². The molecule has 2 heterocycles. The Hall–Kier alpha value is -3.13. The lowest BCUT2D eigenvalue weighted by Crippen LogP contribution is -2.68. The molecule has 0 spiro atoms. The lowest BCUT2D eigenvalue weighted by atomic mass is 9.59. The largest absolute Gasteiger partial charge is 0.294 e. The van der Waals surface area contributed by atoms with Gasteiger partial charge in [0.1, 0.15) is 23.6 Å². The first kappa shape index (κ1) is 26.5. The summed E-state index contributed by atoms with van der Waals surface area (Å²) in [6, 6.07) is 24.9. The van der Waals surface area contributed by atoms with E-state index in [9.17, 15) is 0 Å². The minimum absolute atomic E-state index is 0.0245. The molecule has 5 rings (SSSR count). The van der Waals surface area contributed by atoms with Crippen LogP contribution in [0, 0.1) is 0 Å². The molecule has 38 heavy (non-hydrogen) atoms. The third-order valence-electron chi connectivity index (χ3n) is 9.71. The minimum atomic E-state index is 0.0245. The molecule has 1 aliphatic rings. The average Bonchev–Trinajstić information content (AvgIpc) is 3.38. The van der Waals surface area contributed by atoms with Crippen LogP contribution < -0.4 is 4.57 Å². The lowest BCUT2D eigenvalue weighted by Gasteiger charge is -2.49. The Morgan fingerprint density at radius 2 is 1.32 bits per heavy atom. The number of aromatic nitrogens is 2. The van der Waals surface area contributed by atoms with Gasteiger partial charge in [-0.05, 0) is 66.0 Å². The summed E-state index contributed by atoms with van der Waals surface area (Å²) in [4.78, 5) is 0. The molecular formula is C36H45N2+. The van der Waals surface area contributed by atoms with E-state index < -0.39 is 0 Å². The zero-order chi connectivity index (χ0) is 27.2. The molecule has 1 aromatic heterocycles. The summed E-state index contributed by atoms with van der Waals surface area (Å²) in [5, 5.41) is 0. The summed E-state index contributed by atoms with van der Waals surface area (Å²) >= 11 is 0. The second-order valence-electron chi connectivity index (χ2n) is 12.0. The number of hydrogen-bond donors (Lipinski definition) is 0. The van der Waals surface area contributed by atoms with Gasteiger partial charge in [0.05, 0.1) is 5.56 Å². The van der Waals surface area contributed by atoms with Crippen molar-refractivity contribution in [3.05, 3.63) is 95.8 Å². The van der Waals surface area contributed by atoms with Gasteiger partial charge in [-0.1, -0.05) is 104 Å². The van der Waals surface area contributed by atoms with Crippen LogP contribution in [0.4, 0.5) is 0 Å². The Balaban J connectivity index is 1.87. The molecule has 1 atom stereocenters. The molecule has 3 aromatic carbocycles. The zero-order valence-electron chi connectivity index (χ0n) is 24.7. The number of hydrogen-bond acceptors (Lipinski definition) is 0. The van der Waals surface area contributed by atoms with Gasteiger partial charge in [-0.25, -0.2) is 4.57 Å². The van der Waals surface area contributed by atoms with Crippen molar-refractivity contribution in [1.82, 2.24) is 4.57 Å². The van der Waals surface area contributed by atoms with Crippen LogP contribution in [-0.4, -0.2) is 4.57 Å². The number of rotatable bonds is 7. The van der Waals surface area contributed by atoms with Crippen molar-refractivity contribution in [2.75, 3.05) is 0 Å². The van der Waals surface area contributed by atoms with Crippen molar-refractivity contribution in [1.29, 1.82) is 0 Å². The highest BCUT2D eigenvalue weighted by molar-refractivity contribution is 5.72. The van der Waals surface area contributed by atoms with E-state index in [-0.39, 0.29) is 11.0 Å². The Morgan fingerprint density at radius 3 is 1.87 bits per heavy atom.